The van der Waals surface area contributed by atoms with Crippen molar-refractivity contribution in [3.8, 4) is 0 Å². The molecule has 1 aromatic carbocycles. The van der Waals surface area contributed by atoms with Gasteiger partial charge in [0.25, 0.3) is 0 Å². The molecule has 1 N–H and O–H groups in total. The molecule has 4 nitrogen and oxygen atoms in total. The van der Waals surface area contributed by atoms with Crippen molar-refractivity contribution >= 4 is 11.9 Å². The minimum absolute atomic E-state index is 0.163. The van der Waals surface area contributed by atoms with Gasteiger partial charge in [0, 0.05) is 6.04 Å². The zero-order valence-electron chi connectivity index (χ0n) is 9.48. The van der Waals surface area contributed by atoms with Crippen LogP contribution in [0.15, 0.2) is 24.3 Å². The van der Waals surface area contributed by atoms with Crippen LogP contribution in [0.5, 0.6) is 0 Å². The SMILES string of the molecule is O=C1CN(C2CCc3ccccc3C2)C(=O)N1. The number of fused-ring (bicyclic) bond motifs is 1. The topological polar surface area (TPSA) is 49.4 Å². The van der Waals surface area contributed by atoms with Crippen LogP contribution in [0.25, 0.3) is 0 Å². The molecule has 3 amide bonds. The van der Waals surface area contributed by atoms with E-state index in [2.05, 4.69) is 17.4 Å². The van der Waals surface area contributed by atoms with Crippen molar-refractivity contribution < 1.29 is 9.59 Å². The average Bonchev–Trinajstić information content (AvgIpc) is 2.68. The zero-order chi connectivity index (χ0) is 11.8. The Morgan fingerprint density at radius 2 is 1.94 bits per heavy atom. The minimum atomic E-state index is -0.237. The second-order valence-corrected chi connectivity index (χ2v) is 4.65. The van der Waals surface area contributed by atoms with E-state index in [0.29, 0.717) is 0 Å². The summed E-state index contributed by atoms with van der Waals surface area (Å²) in [7, 11) is 0. The van der Waals surface area contributed by atoms with Crippen LogP contribution in [-0.4, -0.2) is 29.4 Å². The molecule has 0 spiro atoms. The summed E-state index contributed by atoms with van der Waals surface area (Å²) in [6.07, 6.45) is 2.79. The third-order valence-corrected chi connectivity index (χ3v) is 3.58. The van der Waals surface area contributed by atoms with E-state index in [4.69, 9.17) is 0 Å². The van der Waals surface area contributed by atoms with Crippen molar-refractivity contribution in [2.75, 3.05) is 6.54 Å². The first-order valence-corrected chi connectivity index (χ1v) is 5.91. The summed E-state index contributed by atoms with van der Waals surface area (Å²) < 4.78 is 0. The smallest absolute Gasteiger partial charge is 0.312 e. The molecular weight excluding hydrogens is 216 g/mol. The summed E-state index contributed by atoms with van der Waals surface area (Å²) in [4.78, 5) is 24.4. The quantitative estimate of drug-likeness (QED) is 0.734. The Kier molecular flexibility index (Phi) is 2.35. The van der Waals surface area contributed by atoms with Gasteiger partial charge in [0.1, 0.15) is 6.54 Å². The molecule has 1 aliphatic carbocycles. The highest BCUT2D eigenvalue weighted by atomic mass is 16.2. The largest absolute Gasteiger partial charge is 0.324 e. The average molecular weight is 230 g/mol. The molecule has 0 radical (unpaired) electrons. The molecule has 2 aliphatic rings. The van der Waals surface area contributed by atoms with Crippen LogP contribution in [0.3, 0.4) is 0 Å². The Morgan fingerprint density at radius 3 is 2.65 bits per heavy atom. The first-order chi connectivity index (χ1) is 8.24. The van der Waals surface area contributed by atoms with Gasteiger partial charge in [-0.25, -0.2) is 4.79 Å². The molecule has 1 heterocycles. The van der Waals surface area contributed by atoms with E-state index in [-0.39, 0.29) is 24.5 Å². The first-order valence-electron chi connectivity index (χ1n) is 5.91. The maximum absolute atomic E-state index is 11.6. The van der Waals surface area contributed by atoms with E-state index in [0.717, 1.165) is 19.3 Å². The van der Waals surface area contributed by atoms with Gasteiger partial charge in [0.05, 0.1) is 0 Å². The number of nitrogens with one attached hydrogen (secondary N) is 1. The fourth-order valence-electron chi connectivity index (χ4n) is 2.70. The molecule has 0 bridgehead atoms. The molecular formula is C13H14N2O2. The second kappa shape index (κ2) is 3.87. The normalized spacial score (nSPS) is 23.5. The molecule has 3 rings (SSSR count). The van der Waals surface area contributed by atoms with Crippen LogP contribution in [-0.2, 0) is 17.6 Å². The number of aryl methyl sites for hydroxylation is 1. The van der Waals surface area contributed by atoms with Crippen molar-refractivity contribution in [3.63, 3.8) is 0 Å². The maximum Gasteiger partial charge on any atom is 0.324 e. The molecule has 1 saturated heterocycles. The summed E-state index contributed by atoms with van der Waals surface area (Å²) in [5.74, 6) is -0.186. The van der Waals surface area contributed by atoms with Crippen molar-refractivity contribution in [2.24, 2.45) is 0 Å². The number of rotatable bonds is 1. The van der Waals surface area contributed by atoms with Gasteiger partial charge in [-0.3, -0.25) is 10.1 Å². The predicted octanol–water partition coefficient (Wildman–Crippen LogP) is 1.10. The Bertz CT molecular complexity index is 484. The Morgan fingerprint density at radius 1 is 1.18 bits per heavy atom. The molecule has 88 valence electrons. The number of benzene rings is 1. The third-order valence-electron chi connectivity index (χ3n) is 3.58. The Labute approximate surface area is 99.6 Å². The number of carbonyl (C=O) groups excluding carboxylic acids is 2. The predicted molar refractivity (Wildman–Crippen MR) is 62.5 cm³/mol. The lowest BCUT2D eigenvalue weighted by molar-refractivity contribution is -0.118. The number of imide groups is 1. The minimum Gasteiger partial charge on any atom is -0.312 e. The van der Waals surface area contributed by atoms with Crippen LogP contribution in [0.4, 0.5) is 4.79 Å². The van der Waals surface area contributed by atoms with Crippen molar-refractivity contribution in [3.05, 3.63) is 35.4 Å². The van der Waals surface area contributed by atoms with Crippen LogP contribution >= 0.6 is 0 Å². The lowest BCUT2D eigenvalue weighted by Gasteiger charge is -2.30. The monoisotopic (exact) mass is 230 g/mol. The molecule has 4 heteroatoms. The van der Waals surface area contributed by atoms with Crippen LogP contribution in [0, 0.1) is 0 Å². The fraction of sp³-hybridized carbons (Fsp3) is 0.385. The molecule has 1 unspecified atom stereocenters. The molecule has 0 saturated carbocycles. The summed E-state index contributed by atoms with van der Waals surface area (Å²) in [6.45, 7) is 0.214. The highest BCUT2D eigenvalue weighted by molar-refractivity contribution is 6.02. The lowest BCUT2D eigenvalue weighted by Crippen LogP contribution is -2.41. The van der Waals surface area contributed by atoms with E-state index < -0.39 is 0 Å². The van der Waals surface area contributed by atoms with Crippen LogP contribution < -0.4 is 5.32 Å². The van der Waals surface area contributed by atoms with E-state index in [9.17, 15) is 9.59 Å². The number of amides is 3. The summed E-state index contributed by atoms with van der Waals surface area (Å²) in [6, 6.07) is 8.25. The summed E-state index contributed by atoms with van der Waals surface area (Å²) in [5.41, 5.74) is 2.67. The molecule has 1 aromatic rings. The molecule has 1 fully saturated rings. The number of nitrogens with zero attached hydrogens (tertiary/aromatic N) is 1. The summed E-state index contributed by atoms with van der Waals surface area (Å²) >= 11 is 0. The van der Waals surface area contributed by atoms with Crippen molar-refractivity contribution in [1.29, 1.82) is 0 Å². The fourth-order valence-corrected chi connectivity index (χ4v) is 2.70. The Hall–Kier alpha value is -1.84. The molecule has 17 heavy (non-hydrogen) atoms. The van der Waals surface area contributed by atoms with Crippen molar-refractivity contribution in [1.82, 2.24) is 10.2 Å². The first kappa shape index (κ1) is 10.3. The maximum atomic E-state index is 11.6. The van der Waals surface area contributed by atoms with Gasteiger partial charge in [0.15, 0.2) is 0 Å². The van der Waals surface area contributed by atoms with E-state index in [1.54, 1.807) is 4.90 Å². The van der Waals surface area contributed by atoms with E-state index in [1.807, 2.05) is 12.1 Å². The standard InChI is InChI=1S/C13H14N2O2/c16-12-8-15(13(17)14-12)11-6-5-9-3-1-2-4-10(9)7-11/h1-4,11H,5-8H2,(H,14,16,17). The van der Waals surface area contributed by atoms with Gasteiger partial charge in [-0.15, -0.1) is 0 Å². The zero-order valence-corrected chi connectivity index (χ0v) is 9.48. The third kappa shape index (κ3) is 1.79. The van der Waals surface area contributed by atoms with Gasteiger partial charge in [0.2, 0.25) is 5.91 Å². The van der Waals surface area contributed by atoms with Crippen LogP contribution in [0.2, 0.25) is 0 Å². The molecule has 1 atom stereocenters. The molecule has 1 aliphatic heterocycles. The van der Waals surface area contributed by atoms with Crippen LogP contribution in [0.1, 0.15) is 17.5 Å². The number of hydrogen-bond acceptors (Lipinski definition) is 2. The van der Waals surface area contributed by atoms with E-state index in [1.165, 1.54) is 11.1 Å². The van der Waals surface area contributed by atoms with Gasteiger partial charge in [-0.1, -0.05) is 24.3 Å². The number of urea groups is 1. The highest BCUT2D eigenvalue weighted by Gasteiger charge is 2.34. The van der Waals surface area contributed by atoms with Gasteiger partial charge >= 0.3 is 6.03 Å². The number of carbonyl (C=O) groups is 2. The highest BCUT2D eigenvalue weighted by Crippen LogP contribution is 2.25. The lowest BCUT2D eigenvalue weighted by atomic mass is 9.88. The number of hydrogen-bond donors (Lipinski definition) is 1. The Balaban J connectivity index is 1.80. The van der Waals surface area contributed by atoms with Gasteiger partial charge < -0.3 is 4.90 Å². The molecule has 0 aromatic heterocycles. The van der Waals surface area contributed by atoms with E-state index >= 15 is 0 Å². The second-order valence-electron chi connectivity index (χ2n) is 4.65. The van der Waals surface area contributed by atoms with Crippen molar-refractivity contribution in [2.45, 2.75) is 25.3 Å². The van der Waals surface area contributed by atoms with Gasteiger partial charge in [-0.05, 0) is 30.4 Å². The summed E-state index contributed by atoms with van der Waals surface area (Å²) in [5, 5.41) is 2.34. The van der Waals surface area contributed by atoms with Gasteiger partial charge in [-0.2, -0.15) is 0 Å².